The fourth-order valence-electron chi connectivity index (χ4n) is 6.47. The summed E-state index contributed by atoms with van der Waals surface area (Å²) in [6, 6.07) is 0. The second-order valence-corrected chi connectivity index (χ2v) is 8.82. The average Bonchev–Trinajstić information content (AvgIpc) is 2.40. The molecule has 5 rings (SSSR count). The summed E-state index contributed by atoms with van der Waals surface area (Å²) in [5, 5.41) is 0. The van der Waals surface area contributed by atoms with E-state index in [0.717, 1.165) is 35.5 Å². The van der Waals surface area contributed by atoms with Gasteiger partial charge in [0, 0.05) is 11.8 Å². The number of Topliss-reactive ketones (excluding diaryl/α,β-unsaturated/α-hetero) is 1. The van der Waals surface area contributed by atoms with E-state index in [4.69, 9.17) is 0 Å². The van der Waals surface area contributed by atoms with Gasteiger partial charge in [-0.15, -0.1) is 0 Å². The first-order valence-corrected chi connectivity index (χ1v) is 9.15. The summed E-state index contributed by atoms with van der Waals surface area (Å²) in [6.45, 7) is 4.73. The van der Waals surface area contributed by atoms with Crippen molar-refractivity contribution in [1.29, 1.82) is 0 Å². The first-order valence-electron chi connectivity index (χ1n) is 9.15. The third kappa shape index (κ3) is 2.07. The van der Waals surface area contributed by atoms with Crippen LogP contribution < -0.4 is 0 Å². The van der Waals surface area contributed by atoms with E-state index in [9.17, 15) is 4.79 Å². The van der Waals surface area contributed by atoms with Gasteiger partial charge in [-0.2, -0.15) is 0 Å². The van der Waals surface area contributed by atoms with E-state index < -0.39 is 0 Å². The van der Waals surface area contributed by atoms with Gasteiger partial charge in [-0.3, -0.25) is 4.79 Å². The summed E-state index contributed by atoms with van der Waals surface area (Å²) >= 11 is 0. The molecule has 112 valence electrons. The predicted molar refractivity (Wildman–Crippen MR) is 81.2 cm³/mol. The number of hydrogen-bond donors (Lipinski definition) is 0. The SMILES string of the molecule is CC1CCC(C(=O)C2C3CC4CC(C3)CC2C4)CC1C. The molecule has 0 N–H and O–H groups in total. The van der Waals surface area contributed by atoms with Gasteiger partial charge in [-0.1, -0.05) is 13.8 Å². The van der Waals surface area contributed by atoms with Gasteiger partial charge in [0.2, 0.25) is 0 Å². The van der Waals surface area contributed by atoms with Crippen molar-refractivity contribution < 1.29 is 4.79 Å². The van der Waals surface area contributed by atoms with Gasteiger partial charge in [0.25, 0.3) is 0 Å². The fourth-order valence-corrected chi connectivity index (χ4v) is 6.47. The Morgan fingerprint density at radius 2 is 1.35 bits per heavy atom. The van der Waals surface area contributed by atoms with Crippen LogP contribution in [-0.2, 0) is 4.79 Å². The maximum absolute atomic E-state index is 13.1. The van der Waals surface area contributed by atoms with E-state index in [1.807, 2.05) is 0 Å². The highest BCUT2D eigenvalue weighted by Gasteiger charge is 2.51. The molecule has 0 spiro atoms. The Balaban J connectivity index is 1.49. The van der Waals surface area contributed by atoms with Crippen LogP contribution in [0.2, 0.25) is 0 Å². The van der Waals surface area contributed by atoms with Crippen molar-refractivity contribution >= 4 is 5.78 Å². The summed E-state index contributed by atoms with van der Waals surface area (Å²) in [5.74, 6) is 6.75. The molecule has 5 aliphatic carbocycles. The molecule has 1 heteroatoms. The zero-order valence-electron chi connectivity index (χ0n) is 13.2. The standard InChI is InChI=1S/C19H30O/c1-11-3-4-15(5-12(11)2)19(20)18-16-7-13-6-14(9-16)10-17(18)8-13/h11-18H,3-10H2,1-2H3. The highest BCUT2D eigenvalue weighted by Crippen LogP contribution is 2.57. The molecule has 0 saturated heterocycles. The number of rotatable bonds is 2. The van der Waals surface area contributed by atoms with E-state index >= 15 is 0 Å². The third-order valence-electron chi connectivity index (χ3n) is 7.56. The summed E-state index contributed by atoms with van der Waals surface area (Å²) in [7, 11) is 0. The Bertz CT molecular complexity index is 371. The Labute approximate surface area is 123 Å². The molecule has 3 unspecified atom stereocenters. The van der Waals surface area contributed by atoms with Crippen LogP contribution in [0.15, 0.2) is 0 Å². The first-order chi connectivity index (χ1) is 9.61. The fraction of sp³-hybridized carbons (Fsp3) is 0.947. The summed E-state index contributed by atoms with van der Waals surface area (Å²) < 4.78 is 0. The molecule has 4 bridgehead atoms. The normalized spacial score (nSPS) is 54.1. The topological polar surface area (TPSA) is 17.1 Å². The Morgan fingerprint density at radius 3 is 1.90 bits per heavy atom. The van der Waals surface area contributed by atoms with Crippen molar-refractivity contribution in [2.24, 2.45) is 47.3 Å². The van der Waals surface area contributed by atoms with E-state index in [-0.39, 0.29) is 0 Å². The quantitative estimate of drug-likeness (QED) is 0.713. The minimum absolute atomic E-state index is 0.420. The molecule has 0 heterocycles. The van der Waals surface area contributed by atoms with Crippen molar-refractivity contribution in [2.45, 2.75) is 65.2 Å². The summed E-state index contributed by atoms with van der Waals surface area (Å²) in [6.07, 6.45) is 10.7. The molecule has 0 aromatic heterocycles. The van der Waals surface area contributed by atoms with Gasteiger partial charge in [0.15, 0.2) is 0 Å². The first kappa shape index (κ1) is 13.3. The lowest BCUT2D eigenvalue weighted by Gasteiger charge is -2.54. The molecular formula is C19H30O. The van der Waals surface area contributed by atoms with Crippen LogP contribution in [0, 0.1) is 47.3 Å². The molecule has 0 amide bonds. The maximum Gasteiger partial charge on any atom is 0.139 e. The van der Waals surface area contributed by atoms with Crippen LogP contribution in [-0.4, -0.2) is 5.78 Å². The van der Waals surface area contributed by atoms with Crippen molar-refractivity contribution in [3.63, 3.8) is 0 Å². The molecule has 5 saturated carbocycles. The van der Waals surface area contributed by atoms with Crippen LogP contribution in [0.25, 0.3) is 0 Å². The lowest BCUT2D eigenvalue weighted by molar-refractivity contribution is -0.141. The number of carbonyl (C=O) groups is 1. The molecular weight excluding hydrogens is 244 g/mol. The van der Waals surface area contributed by atoms with Crippen LogP contribution in [0.1, 0.15) is 65.2 Å². The van der Waals surface area contributed by atoms with Crippen molar-refractivity contribution in [3.05, 3.63) is 0 Å². The van der Waals surface area contributed by atoms with Gasteiger partial charge >= 0.3 is 0 Å². The molecule has 0 radical (unpaired) electrons. The molecule has 5 fully saturated rings. The Hall–Kier alpha value is -0.330. The predicted octanol–water partition coefficient (Wildman–Crippen LogP) is 4.70. The number of ketones is 1. The maximum atomic E-state index is 13.1. The van der Waals surface area contributed by atoms with Gasteiger partial charge < -0.3 is 0 Å². The molecule has 5 aliphatic rings. The van der Waals surface area contributed by atoms with Gasteiger partial charge in [-0.25, -0.2) is 0 Å². The highest BCUT2D eigenvalue weighted by molar-refractivity contribution is 5.84. The van der Waals surface area contributed by atoms with E-state index in [1.54, 1.807) is 0 Å². The zero-order valence-corrected chi connectivity index (χ0v) is 13.2. The monoisotopic (exact) mass is 274 g/mol. The third-order valence-corrected chi connectivity index (χ3v) is 7.56. The van der Waals surface area contributed by atoms with Crippen LogP contribution >= 0.6 is 0 Å². The van der Waals surface area contributed by atoms with Crippen molar-refractivity contribution in [3.8, 4) is 0 Å². The second kappa shape index (κ2) is 4.85. The Kier molecular flexibility index (Phi) is 3.23. The van der Waals surface area contributed by atoms with Gasteiger partial charge in [0.1, 0.15) is 5.78 Å². The van der Waals surface area contributed by atoms with Crippen LogP contribution in [0.4, 0.5) is 0 Å². The van der Waals surface area contributed by atoms with E-state index in [0.29, 0.717) is 17.6 Å². The largest absolute Gasteiger partial charge is 0.299 e. The molecule has 1 nitrogen and oxygen atoms in total. The van der Waals surface area contributed by atoms with Gasteiger partial charge in [-0.05, 0) is 86.9 Å². The lowest BCUT2D eigenvalue weighted by Crippen LogP contribution is -2.49. The molecule has 20 heavy (non-hydrogen) atoms. The zero-order chi connectivity index (χ0) is 13.9. The smallest absolute Gasteiger partial charge is 0.139 e. The molecule has 3 atom stereocenters. The number of hydrogen-bond acceptors (Lipinski definition) is 1. The van der Waals surface area contributed by atoms with E-state index in [1.165, 1.54) is 51.4 Å². The minimum Gasteiger partial charge on any atom is -0.299 e. The van der Waals surface area contributed by atoms with Crippen molar-refractivity contribution in [2.75, 3.05) is 0 Å². The van der Waals surface area contributed by atoms with Crippen LogP contribution in [0.5, 0.6) is 0 Å². The van der Waals surface area contributed by atoms with Crippen LogP contribution in [0.3, 0.4) is 0 Å². The summed E-state index contributed by atoms with van der Waals surface area (Å²) in [5.41, 5.74) is 0. The lowest BCUT2D eigenvalue weighted by atomic mass is 9.50. The van der Waals surface area contributed by atoms with Crippen molar-refractivity contribution in [1.82, 2.24) is 0 Å². The Morgan fingerprint density at radius 1 is 0.750 bits per heavy atom. The molecule has 0 aromatic carbocycles. The minimum atomic E-state index is 0.420. The average molecular weight is 274 g/mol. The summed E-state index contributed by atoms with van der Waals surface area (Å²) in [4.78, 5) is 13.1. The number of carbonyl (C=O) groups excluding carboxylic acids is 1. The van der Waals surface area contributed by atoms with Gasteiger partial charge in [0.05, 0.1) is 0 Å². The molecule has 0 aromatic rings. The second-order valence-electron chi connectivity index (χ2n) is 8.82. The van der Waals surface area contributed by atoms with E-state index in [2.05, 4.69) is 13.8 Å². The highest BCUT2D eigenvalue weighted by atomic mass is 16.1. The molecule has 0 aliphatic heterocycles.